The minimum Gasteiger partial charge on any atom is -0.371 e. The number of piperidine rings is 1. The Morgan fingerprint density at radius 1 is 1.18 bits per heavy atom. The average Bonchev–Trinajstić information content (AvgIpc) is 2.29. The molecule has 1 aliphatic heterocycles. The van der Waals surface area contributed by atoms with Gasteiger partial charge in [-0.1, -0.05) is 6.08 Å². The molecule has 0 unspecified atom stereocenters. The molecule has 92 valence electrons. The van der Waals surface area contributed by atoms with Gasteiger partial charge in [0, 0.05) is 24.8 Å². The predicted octanol–water partition coefficient (Wildman–Crippen LogP) is 3.76. The van der Waals surface area contributed by atoms with E-state index in [1.165, 1.54) is 12.1 Å². The number of halogens is 2. The van der Waals surface area contributed by atoms with E-state index in [4.69, 9.17) is 0 Å². The third-order valence-electron chi connectivity index (χ3n) is 3.33. The highest BCUT2D eigenvalue weighted by atomic mass is 19.1. The average molecular weight is 237 g/mol. The summed E-state index contributed by atoms with van der Waals surface area (Å²) in [6.07, 6.45) is 5.10. The Bertz CT molecular complexity index is 375. The van der Waals surface area contributed by atoms with Crippen molar-refractivity contribution in [3.05, 3.63) is 42.5 Å². The first kappa shape index (κ1) is 12.1. The number of allylic oxidation sites excluding steroid dienone is 1. The molecule has 0 atom stereocenters. The molecule has 0 spiro atoms. The SMILES string of the molecule is C=CCC1CCN(c2cc(F)cc(F)c2)CC1. The largest absolute Gasteiger partial charge is 0.371 e. The predicted molar refractivity (Wildman–Crippen MR) is 66.1 cm³/mol. The zero-order chi connectivity index (χ0) is 12.3. The zero-order valence-corrected chi connectivity index (χ0v) is 9.83. The van der Waals surface area contributed by atoms with Gasteiger partial charge in [-0.3, -0.25) is 0 Å². The third-order valence-corrected chi connectivity index (χ3v) is 3.33. The van der Waals surface area contributed by atoms with Crippen molar-refractivity contribution in [1.82, 2.24) is 0 Å². The van der Waals surface area contributed by atoms with Gasteiger partial charge >= 0.3 is 0 Å². The molecule has 2 rings (SSSR count). The number of hydrogen-bond acceptors (Lipinski definition) is 1. The normalized spacial score (nSPS) is 17.2. The molecule has 1 fully saturated rings. The summed E-state index contributed by atoms with van der Waals surface area (Å²) in [5, 5.41) is 0. The first-order chi connectivity index (χ1) is 8.19. The molecule has 1 nitrogen and oxygen atoms in total. The Kier molecular flexibility index (Phi) is 3.77. The van der Waals surface area contributed by atoms with Crippen LogP contribution >= 0.6 is 0 Å². The Morgan fingerprint density at radius 2 is 1.76 bits per heavy atom. The van der Waals surface area contributed by atoms with Crippen LogP contribution in [0, 0.1) is 17.6 Å². The van der Waals surface area contributed by atoms with Crippen LogP contribution in [0.5, 0.6) is 0 Å². The van der Waals surface area contributed by atoms with E-state index >= 15 is 0 Å². The summed E-state index contributed by atoms with van der Waals surface area (Å²) < 4.78 is 26.2. The molecule has 1 aromatic rings. The minimum absolute atomic E-state index is 0.506. The molecule has 3 heteroatoms. The van der Waals surface area contributed by atoms with Crippen LogP contribution in [0.15, 0.2) is 30.9 Å². The molecule has 1 aliphatic rings. The molecule has 1 saturated heterocycles. The smallest absolute Gasteiger partial charge is 0.128 e. The lowest BCUT2D eigenvalue weighted by Gasteiger charge is -2.33. The molecular weight excluding hydrogens is 220 g/mol. The molecule has 1 aromatic carbocycles. The molecule has 0 aliphatic carbocycles. The Labute approximate surface area is 101 Å². The van der Waals surface area contributed by atoms with Gasteiger partial charge in [-0.15, -0.1) is 6.58 Å². The van der Waals surface area contributed by atoms with Gasteiger partial charge in [0.05, 0.1) is 0 Å². The van der Waals surface area contributed by atoms with Crippen molar-refractivity contribution in [1.29, 1.82) is 0 Å². The first-order valence-corrected chi connectivity index (χ1v) is 6.01. The van der Waals surface area contributed by atoms with Crippen molar-refractivity contribution in [3.8, 4) is 0 Å². The van der Waals surface area contributed by atoms with Crippen molar-refractivity contribution in [2.75, 3.05) is 18.0 Å². The van der Waals surface area contributed by atoms with E-state index in [1.54, 1.807) is 0 Å². The summed E-state index contributed by atoms with van der Waals surface area (Å²) in [7, 11) is 0. The van der Waals surface area contributed by atoms with Gasteiger partial charge < -0.3 is 4.90 Å². The lowest BCUT2D eigenvalue weighted by Crippen LogP contribution is -2.33. The fraction of sp³-hybridized carbons (Fsp3) is 0.429. The van der Waals surface area contributed by atoms with Crippen molar-refractivity contribution in [3.63, 3.8) is 0 Å². The fourth-order valence-electron chi connectivity index (χ4n) is 2.38. The highest BCUT2D eigenvalue weighted by Crippen LogP contribution is 2.26. The standard InChI is InChI=1S/C14H17F2N/c1-2-3-11-4-6-17(7-5-11)14-9-12(15)8-13(16)10-14/h2,8-11H,1,3-7H2. The second-order valence-electron chi connectivity index (χ2n) is 4.58. The summed E-state index contributed by atoms with van der Waals surface area (Å²) in [6.45, 7) is 5.47. The van der Waals surface area contributed by atoms with E-state index < -0.39 is 11.6 Å². The Morgan fingerprint density at radius 3 is 2.29 bits per heavy atom. The first-order valence-electron chi connectivity index (χ1n) is 6.01. The molecule has 0 aromatic heterocycles. The molecule has 0 N–H and O–H groups in total. The summed E-state index contributed by atoms with van der Waals surface area (Å²) >= 11 is 0. The van der Waals surface area contributed by atoms with E-state index in [1.807, 2.05) is 11.0 Å². The Balaban J connectivity index is 2.02. The molecule has 0 saturated carbocycles. The topological polar surface area (TPSA) is 3.24 Å². The highest BCUT2D eigenvalue weighted by Gasteiger charge is 2.19. The summed E-state index contributed by atoms with van der Waals surface area (Å²) in [5.41, 5.74) is 0.652. The lowest BCUT2D eigenvalue weighted by atomic mass is 9.93. The molecule has 0 amide bonds. The van der Waals surface area contributed by atoms with E-state index in [0.29, 0.717) is 11.6 Å². The third kappa shape index (κ3) is 3.05. The minimum atomic E-state index is -0.506. The van der Waals surface area contributed by atoms with Crippen LogP contribution in [0.25, 0.3) is 0 Å². The van der Waals surface area contributed by atoms with Crippen molar-refractivity contribution in [2.45, 2.75) is 19.3 Å². The van der Waals surface area contributed by atoms with Gasteiger partial charge in [0.2, 0.25) is 0 Å². The van der Waals surface area contributed by atoms with E-state index in [0.717, 1.165) is 38.4 Å². The second kappa shape index (κ2) is 5.30. The van der Waals surface area contributed by atoms with Gasteiger partial charge in [0.25, 0.3) is 0 Å². The summed E-state index contributed by atoms with van der Waals surface area (Å²) in [5.74, 6) is -0.344. The maximum absolute atomic E-state index is 13.1. The molecule has 1 heterocycles. The molecule has 0 bridgehead atoms. The van der Waals surface area contributed by atoms with Crippen LogP contribution in [0.3, 0.4) is 0 Å². The second-order valence-corrected chi connectivity index (χ2v) is 4.58. The van der Waals surface area contributed by atoms with Gasteiger partial charge in [0.1, 0.15) is 11.6 Å². The maximum Gasteiger partial charge on any atom is 0.128 e. The number of rotatable bonds is 3. The number of benzene rings is 1. The molecular formula is C14H17F2N. The van der Waals surface area contributed by atoms with E-state index in [2.05, 4.69) is 6.58 Å². The van der Waals surface area contributed by atoms with Gasteiger partial charge in [-0.2, -0.15) is 0 Å². The van der Waals surface area contributed by atoms with Crippen LogP contribution in [0.4, 0.5) is 14.5 Å². The summed E-state index contributed by atoms with van der Waals surface area (Å²) in [4.78, 5) is 2.05. The number of anilines is 1. The quantitative estimate of drug-likeness (QED) is 0.723. The number of nitrogens with zero attached hydrogens (tertiary/aromatic N) is 1. The van der Waals surface area contributed by atoms with Crippen LogP contribution < -0.4 is 4.90 Å². The number of hydrogen-bond donors (Lipinski definition) is 0. The van der Waals surface area contributed by atoms with Crippen LogP contribution in [0.2, 0.25) is 0 Å². The summed E-state index contributed by atoms with van der Waals surface area (Å²) in [6, 6.07) is 3.71. The highest BCUT2D eigenvalue weighted by molar-refractivity contribution is 5.47. The molecule has 17 heavy (non-hydrogen) atoms. The van der Waals surface area contributed by atoms with Crippen molar-refractivity contribution < 1.29 is 8.78 Å². The maximum atomic E-state index is 13.1. The van der Waals surface area contributed by atoms with Gasteiger partial charge in [0.15, 0.2) is 0 Å². The van der Waals surface area contributed by atoms with Gasteiger partial charge in [-0.05, 0) is 37.3 Å². The van der Waals surface area contributed by atoms with Crippen LogP contribution in [0.1, 0.15) is 19.3 Å². The fourth-order valence-corrected chi connectivity index (χ4v) is 2.38. The lowest BCUT2D eigenvalue weighted by molar-refractivity contribution is 0.409. The zero-order valence-electron chi connectivity index (χ0n) is 9.83. The van der Waals surface area contributed by atoms with E-state index in [-0.39, 0.29) is 0 Å². The van der Waals surface area contributed by atoms with E-state index in [9.17, 15) is 8.78 Å². The Hall–Kier alpha value is -1.38. The van der Waals surface area contributed by atoms with Crippen molar-refractivity contribution in [2.24, 2.45) is 5.92 Å². The van der Waals surface area contributed by atoms with Crippen LogP contribution in [-0.4, -0.2) is 13.1 Å². The monoisotopic (exact) mass is 237 g/mol. The van der Waals surface area contributed by atoms with Gasteiger partial charge in [-0.25, -0.2) is 8.78 Å². The van der Waals surface area contributed by atoms with Crippen molar-refractivity contribution >= 4 is 5.69 Å². The van der Waals surface area contributed by atoms with Crippen LogP contribution in [-0.2, 0) is 0 Å². The molecule has 0 radical (unpaired) electrons.